The number of carboxylic acid groups (broad SMARTS) is 1. The van der Waals surface area contributed by atoms with Gasteiger partial charge in [-0.25, -0.2) is 4.79 Å². The summed E-state index contributed by atoms with van der Waals surface area (Å²) >= 11 is 0. The van der Waals surface area contributed by atoms with Crippen LogP contribution in [0.5, 0.6) is 5.75 Å². The van der Waals surface area contributed by atoms with E-state index in [0.29, 0.717) is 42.8 Å². The number of carbonyl (C=O) groups is 1. The van der Waals surface area contributed by atoms with Crippen LogP contribution in [-0.2, 0) is 22.1 Å². The van der Waals surface area contributed by atoms with E-state index in [0.717, 1.165) is 68.9 Å². The van der Waals surface area contributed by atoms with Crippen LogP contribution < -0.4 is 4.74 Å². The number of aromatic nitrogens is 3. The molecule has 0 radical (unpaired) electrons. The van der Waals surface area contributed by atoms with Gasteiger partial charge in [-0.15, -0.1) is 10.2 Å². The highest BCUT2D eigenvalue weighted by molar-refractivity contribution is 5.83. The van der Waals surface area contributed by atoms with E-state index in [1.54, 1.807) is 4.68 Å². The molecule has 0 spiro atoms. The molecular weight excluding hydrogens is 539 g/mol. The Morgan fingerprint density at radius 1 is 0.951 bits per heavy atom. The smallest absolute Gasteiger partial charge is 0.416 e. The highest BCUT2D eigenvalue weighted by Gasteiger charge is 2.31. The number of benzene rings is 2. The predicted molar refractivity (Wildman–Crippen MR) is 145 cm³/mol. The molecule has 5 rings (SSSR count). The fraction of sp³-hybridized carbons (Fsp3) is 0.448. The largest absolute Gasteiger partial charge is 0.494 e. The second-order valence-corrected chi connectivity index (χ2v) is 10.2. The number of aryl methyl sites for hydroxylation is 1. The lowest BCUT2D eigenvalue weighted by atomic mass is 9.89. The maximum atomic E-state index is 13.0. The summed E-state index contributed by atoms with van der Waals surface area (Å²) in [6.45, 7) is 2.40. The van der Waals surface area contributed by atoms with Gasteiger partial charge in [0, 0.05) is 38.1 Å². The van der Waals surface area contributed by atoms with E-state index in [4.69, 9.17) is 19.7 Å². The zero-order chi connectivity index (χ0) is 28.8. The van der Waals surface area contributed by atoms with Crippen LogP contribution >= 0.6 is 0 Å². The molecule has 0 amide bonds. The summed E-state index contributed by atoms with van der Waals surface area (Å²) in [6.07, 6.45) is 0.513. The molecule has 12 heteroatoms. The Morgan fingerprint density at radius 3 is 2.34 bits per heavy atom. The Balaban J connectivity index is 1.13. The highest BCUT2D eigenvalue weighted by atomic mass is 19.4. The number of nitrogens with zero attached hydrogens (tertiary/aromatic N) is 5. The maximum Gasteiger partial charge on any atom is 0.416 e. The molecule has 3 aromatic rings. The third kappa shape index (κ3) is 7.24. The monoisotopic (exact) mass is 571 g/mol. The summed E-state index contributed by atoms with van der Waals surface area (Å²) in [5.74, 6) is 2.36. The first-order valence-electron chi connectivity index (χ1n) is 13.7. The van der Waals surface area contributed by atoms with Gasteiger partial charge in [0.1, 0.15) is 18.2 Å². The van der Waals surface area contributed by atoms with Crippen molar-refractivity contribution in [1.29, 1.82) is 0 Å². The number of amidine groups is 1. The third-order valence-electron chi connectivity index (χ3n) is 7.35. The van der Waals surface area contributed by atoms with E-state index in [1.807, 2.05) is 12.1 Å². The number of fused-ring (bicyclic) bond motifs is 1. The van der Waals surface area contributed by atoms with Crippen molar-refractivity contribution in [3.63, 3.8) is 0 Å². The first kappa shape index (κ1) is 28.6. The van der Waals surface area contributed by atoms with Crippen molar-refractivity contribution in [2.24, 2.45) is 5.10 Å². The number of rotatable bonds is 10. The molecule has 0 aliphatic carbocycles. The lowest BCUT2D eigenvalue weighted by molar-refractivity contribution is -0.142. The van der Waals surface area contributed by atoms with Gasteiger partial charge in [0.05, 0.1) is 12.2 Å². The van der Waals surface area contributed by atoms with Crippen molar-refractivity contribution < 1.29 is 32.5 Å². The lowest BCUT2D eigenvalue weighted by Gasteiger charge is -2.35. The number of piperidine rings is 1. The summed E-state index contributed by atoms with van der Waals surface area (Å²) in [5.41, 5.74) is 1.11. The number of alkyl halides is 3. The van der Waals surface area contributed by atoms with E-state index in [1.165, 1.54) is 17.7 Å². The zero-order valence-corrected chi connectivity index (χ0v) is 22.5. The molecule has 1 N–H and O–H groups in total. The molecule has 0 atom stereocenters. The molecule has 1 fully saturated rings. The van der Waals surface area contributed by atoms with Gasteiger partial charge in [-0.3, -0.25) is 0 Å². The standard InChI is InChI=1S/C29H32F3N5O4/c30-29(31,32)23-7-3-22(4-8-23)28-34-33-25-11-12-26(35-37(25)28)36-15-13-21(14-16-36)20-5-9-24(10-6-20)41-18-2-1-17-40-19-27(38)39/h3-10,21H,1-2,11-19H2,(H,38,39). The molecule has 0 bridgehead atoms. The van der Waals surface area contributed by atoms with Gasteiger partial charge in [-0.05, 0) is 61.4 Å². The minimum atomic E-state index is -4.39. The Bertz CT molecular complexity index is 1350. The Kier molecular flexibility index (Phi) is 8.87. The van der Waals surface area contributed by atoms with Crippen molar-refractivity contribution in [3.8, 4) is 17.1 Å². The van der Waals surface area contributed by atoms with E-state index in [-0.39, 0.29) is 6.61 Å². The quantitative estimate of drug-likeness (QED) is 0.333. The average Bonchev–Trinajstić information content (AvgIpc) is 3.40. The molecule has 1 aromatic heterocycles. The molecule has 41 heavy (non-hydrogen) atoms. The molecule has 2 aromatic carbocycles. The number of unbranched alkanes of at least 4 members (excludes halogenated alkanes) is 1. The number of aliphatic carboxylic acids is 1. The van der Waals surface area contributed by atoms with Crippen LogP contribution in [0.15, 0.2) is 53.6 Å². The fourth-order valence-corrected chi connectivity index (χ4v) is 5.13. The molecule has 0 unspecified atom stereocenters. The van der Waals surface area contributed by atoms with Gasteiger partial charge < -0.3 is 19.5 Å². The molecule has 3 heterocycles. The van der Waals surface area contributed by atoms with Crippen LogP contribution in [0.1, 0.15) is 55.0 Å². The Labute approximate surface area is 235 Å². The van der Waals surface area contributed by atoms with Gasteiger partial charge in [0.2, 0.25) is 0 Å². The van der Waals surface area contributed by atoms with Crippen LogP contribution in [0.25, 0.3) is 11.4 Å². The Morgan fingerprint density at radius 2 is 1.66 bits per heavy atom. The zero-order valence-electron chi connectivity index (χ0n) is 22.5. The summed E-state index contributed by atoms with van der Waals surface area (Å²) in [7, 11) is 0. The fourth-order valence-electron chi connectivity index (χ4n) is 5.13. The first-order valence-corrected chi connectivity index (χ1v) is 13.7. The van der Waals surface area contributed by atoms with E-state index < -0.39 is 17.7 Å². The van der Waals surface area contributed by atoms with E-state index in [9.17, 15) is 18.0 Å². The third-order valence-corrected chi connectivity index (χ3v) is 7.35. The van der Waals surface area contributed by atoms with Crippen molar-refractivity contribution in [1.82, 2.24) is 19.8 Å². The molecule has 2 aliphatic heterocycles. The number of hydrogen-bond acceptors (Lipinski definition) is 7. The van der Waals surface area contributed by atoms with E-state index >= 15 is 0 Å². The van der Waals surface area contributed by atoms with Crippen molar-refractivity contribution in [2.45, 2.75) is 50.6 Å². The van der Waals surface area contributed by atoms with Crippen LogP contribution in [0, 0.1) is 0 Å². The van der Waals surface area contributed by atoms with Gasteiger partial charge >= 0.3 is 12.1 Å². The molecule has 218 valence electrons. The average molecular weight is 572 g/mol. The summed E-state index contributed by atoms with van der Waals surface area (Å²) in [5, 5.41) is 21.8. The number of ether oxygens (including phenoxy) is 2. The highest BCUT2D eigenvalue weighted by Crippen LogP contribution is 2.32. The topological polar surface area (TPSA) is 102 Å². The lowest BCUT2D eigenvalue weighted by Crippen LogP contribution is -2.39. The molecule has 1 saturated heterocycles. The minimum Gasteiger partial charge on any atom is -0.494 e. The second-order valence-electron chi connectivity index (χ2n) is 10.2. The Hall–Kier alpha value is -3.93. The van der Waals surface area contributed by atoms with Crippen molar-refractivity contribution in [2.75, 3.05) is 32.9 Å². The van der Waals surface area contributed by atoms with E-state index in [2.05, 4.69) is 27.2 Å². The molecule has 9 nitrogen and oxygen atoms in total. The summed E-state index contributed by atoms with van der Waals surface area (Å²) in [6, 6.07) is 13.1. The maximum absolute atomic E-state index is 13.0. The number of halogens is 3. The molecule has 2 aliphatic rings. The number of carboxylic acids is 1. The van der Waals surface area contributed by atoms with Crippen molar-refractivity contribution in [3.05, 3.63) is 65.5 Å². The number of likely N-dealkylation sites (tertiary alicyclic amines) is 1. The second kappa shape index (κ2) is 12.7. The first-order chi connectivity index (χ1) is 19.8. The minimum absolute atomic E-state index is 0.273. The summed E-state index contributed by atoms with van der Waals surface area (Å²) < 4.78 is 51.4. The molecule has 0 saturated carbocycles. The normalized spacial score (nSPS) is 15.9. The summed E-state index contributed by atoms with van der Waals surface area (Å²) in [4.78, 5) is 12.7. The van der Waals surface area contributed by atoms with Gasteiger partial charge in [-0.1, -0.05) is 24.3 Å². The molecular formula is C29H32F3N5O4. The van der Waals surface area contributed by atoms with Crippen LogP contribution in [0.2, 0.25) is 0 Å². The van der Waals surface area contributed by atoms with Crippen LogP contribution in [0.3, 0.4) is 0 Å². The van der Waals surface area contributed by atoms with Crippen LogP contribution in [-0.4, -0.2) is 69.6 Å². The van der Waals surface area contributed by atoms with Gasteiger partial charge in [0.25, 0.3) is 0 Å². The van der Waals surface area contributed by atoms with Crippen LogP contribution in [0.4, 0.5) is 13.2 Å². The number of hydrogen-bond donors (Lipinski definition) is 1. The van der Waals surface area contributed by atoms with Gasteiger partial charge in [-0.2, -0.15) is 22.9 Å². The van der Waals surface area contributed by atoms with Gasteiger partial charge in [0.15, 0.2) is 11.6 Å². The predicted octanol–water partition coefficient (Wildman–Crippen LogP) is 5.21. The van der Waals surface area contributed by atoms with Crippen molar-refractivity contribution >= 4 is 11.8 Å². The SMILES string of the molecule is O=C(O)COCCCCOc1ccc(C2CCN(C3=Nn4c(nnc4-c4ccc(C(F)(F)F)cc4)CC3)CC2)cc1.